The Morgan fingerprint density at radius 3 is 2.46 bits per heavy atom. The SMILES string of the molecule is [B]C=CC=C[C@H](C)N(C)C(=O)[C@H](c1ccccc1)N1CCCCC1. The summed E-state index contributed by atoms with van der Waals surface area (Å²) in [5.41, 5.74) is 1.08. The molecule has 0 spiro atoms. The Labute approximate surface area is 147 Å². The first kappa shape index (κ1) is 18.5. The van der Waals surface area contributed by atoms with Gasteiger partial charge in [-0.15, -0.1) is 5.98 Å². The predicted molar refractivity (Wildman–Crippen MR) is 101 cm³/mol. The van der Waals surface area contributed by atoms with Gasteiger partial charge in [0.05, 0.1) is 0 Å². The van der Waals surface area contributed by atoms with Crippen molar-refractivity contribution in [3.05, 3.63) is 60.1 Å². The zero-order chi connectivity index (χ0) is 17.4. The molecule has 24 heavy (non-hydrogen) atoms. The summed E-state index contributed by atoms with van der Waals surface area (Å²) in [6, 6.07) is 9.95. The van der Waals surface area contributed by atoms with Crippen LogP contribution in [0.25, 0.3) is 0 Å². The van der Waals surface area contributed by atoms with E-state index in [0.29, 0.717) is 0 Å². The lowest BCUT2D eigenvalue weighted by molar-refractivity contribution is -0.137. The van der Waals surface area contributed by atoms with Crippen molar-refractivity contribution in [1.29, 1.82) is 0 Å². The smallest absolute Gasteiger partial charge is 0.244 e. The number of hydrogen-bond acceptors (Lipinski definition) is 2. The molecule has 1 aliphatic heterocycles. The number of allylic oxidation sites excluding steroid dienone is 2. The lowest BCUT2D eigenvalue weighted by Crippen LogP contribution is -2.45. The molecule has 0 aromatic heterocycles. The third-order valence-corrected chi connectivity index (χ3v) is 4.68. The van der Waals surface area contributed by atoms with Gasteiger partial charge in [-0.2, -0.15) is 0 Å². The van der Waals surface area contributed by atoms with Crippen LogP contribution in [-0.4, -0.2) is 49.7 Å². The molecular formula is C20H27BN2O. The molecular weight excluding hydrogens is 295 g/mol. The van der Waals surface area contributed by atoms with E-state index in [1.54, 1.807) is 6.08 Å². The number of carbonyl (C=O) groups excluding carboxylic acids is 1. The molecule has 2 atom stereocenters. The van der Waals surface area contributed by atoms with E-state index >= 15 is 0 Å². The van der Waals surface area contributed by atoms with Crippen LogP contribution in [0.3, 0.4) is 0 Å². The number of likely N-dealkylation sites (tertiary alicyclic amines) is 1. The Hall–Kier alpha value is -1.81. The summed E-state index contributed by atoms with van der Waals surface area (Å²) in [6.07, 6.45) is 9.22. The number of hydrogen-bond donors (Lipinski definition) is 0. The first-order chi connectivity index (χ1) is 11.6. The van der Waals surface area contributed by atoms with E-state index in [1.165, 1.54) is 12.4 Å². The zero-order valence-corrected chi connectivity index (χ0v) is 14.8. The lowest BCUT2D eigenvalue weighted by Gasteiger charge is -2.37. The van der Waals surface area contributed by atoms with Gasteiger partial charge in [0.25, 0.3) is 0 Å². The molecule has 1 heterocycles. The summed E-state index contributed by atoms with van der Waals surface area (Å²) in [5, 5.41) is 0. The van der Waals surface area contributed by atoms with Crippen molar-refractivity contribution in [1.82, 2.24) is 9.80 Å². The number of benzene rings is 1. The average molecular weight is 322 g/mol. The van der Waals surface area contributed by atoms with Crippen molar-refractivity contribution in [2.45, 2.75) is 38.3 Å². The minimum Gasteiger partial charge on any atom is -0.338 e. The monoisotopic (exact) mass is 322 g/mol. The summed E-state index contributed by atoms with van der Waals surface area (Å²) >= 11 is 0. The highest BCUT2D eigenvalue weighted by Crippen LogP contribution is 2.27. The Kier molecular flexibility index (Phi) is 7.32. The number of carbonyl (C=O) groups is 1. The second-order valence-electron chi connectivity index (χ2n) is 6.37. The molecule has 1 aromatic carbocycles. The van der Waals surface area contributed by atoms with Gasteiger partial charge in [0.15, 0.2) is 0 Å². The topological polar surface area (TPSA) is 23.6 Å². The van der Waals surface area contributed by atoms with Crippen molar-refractivity contribution in [2.75, 3.05) is 20.1 Å². The Morgan fingerprint density at radius 2 is 1.83 bits per heavy atom. The van der Waals surface area contributed by atoms with Gasteiger partial charge in [-0.3, -0.25) is 9.69 Å². The van der Waals surface area contributed by atoms with Crippen LogP contribution >= 0.6 is 0 Å². The van der Waals surface area contributed by atoms with Crippen LogP contribution in [0, 0.1) is 0 Å². The number of piperidine rings is 1. The molecule has 4 heteroatoms. The summed E-state index contributed by atoms with van der Waals surface area (Å²) < 4.78 is 0. The molecule has 1 aromatic rings. The number of nitrogens with zero attached hydrogens (tertiary/aromatic N) is 2. The van der Waals surface area contributed by atoms with Gasteiger partial charge in [0.1, 0.15) is 13.9 Å². The third-order valence-electron chi connectivity index (χ3n) is 4.68. The van der Waals surface area contributed by atoms with E-state index in [0.717, 1.165) is 31.5 Å². The van der Waals surface area contributed by atoms with Gasteiger partial charge in [0, 0.05) is 13.1 Å². The summed E-state index contributed by atoms with van der Waals surface area (Å²) in [5.74, 6) is 1.64. The fourth-order valence-corrected chi connectivity index (χ4v) is 3.13. The molecule has 0 saturated carbocycles. The van der Waals surface area contributed by atoms with E-state index in [1.807, 2.05) is 49.2 Å². The van der Waals surface area contributed by atoms with E-state index in [4.69, 9.17) is 7.85 Å². The second-order valence-corrected chi connectivity index (χ2v) is 6.37. The van der Waals surface area contributed by atoms with Crippen molar-refractivity contribution < 1.29 is 4.79 Å². The Balaban J connectivity index is 2.20. The second kappa shape index (κ2) is 9.48. The van der Waals surface area contributed by atoms with Gasteiger partial charge in [0.2, 0.25) is 5.91 Å². The Morgan fingerprint density at radius 1 is 1.17 bits per heavy atom. The van der Waals surface area contributed by atoms with Crippen LogP contribution in [0.5, 0.6) is 0 Å². The van der Waals surface area contributed by atoms with Crippen LogP contribution < -0.4 is 0 Å². The molecule has 0 bridgehead atoms. The minimum atomic E-state index is -0.197. The van der Waals surface area contributed by atoms with Crippen molar-refractivity contribution in [3.63, 3.8) is 0 Å². The highest BCUT2D eigenvalue weighted by molar-refractivity contribution is 6.17. The quantitative estimate of drug-likeness (QED) is 0.593. The molecule has 3 nitrogen and oxygen atoms in total. The van der Waals surface area contributed by atoms with E-state index in [2.05, 4.69) is 17.0 Å². The van der Waals surface area contributed by atoms with Crippen molar-refractivity contribution in [3.8, 4) is 0 Å². The van der Waals surface area contributed by atoms with E-state index < -0.39 is 0 Å². The number of rotatable bonds is 6. The molecule has 2 rings (SSSR count). The fourth-order valence-electron chi connectivity index (χ4n) is 3.13. The molecule has 0 N–H and O–H groups in total. The maximum absolute atomic E-state index is 13.2. The maximum Gasteiger partial charge on any atom is 0.244 e. The van der Waals surface area contributed by atoms with Crippen LogP contribution in [0.2, 0.25) is 0 Å². The van der Waals surface area contributed by atoms with Gasteiger partial charge in [-0.1, -0.05) is 55.0 Å². The largest absolute Gasteiger partial charge is 0.338 e. The zero-order valence-electron chi connectivity index (χ0n) is 14.8. The highest BCUT2D eigenvalue weighted by atomic mass is 16.2. The van der Waals surface area contributed by atoms with Crippen LogP contribution in [0.4, 0.5) is 0 Å². The normalized spacial score (nSPS) is 18.8. The lowest BCUT2D eigenvalue weighted by atomic mass is 10.00. The minimum absolute atomic E-state index is 0.0182. The van der Waals surface area contributed by atoms with E-state index in [9.17, 15) is 4.79 Å². The number of likely N-dealkylation sites (N-methyl/N-ethyl adjacent to an activating group) is 1. The molecule has 1 fully saturated rings. The van der Waals surface area contributed by atoms with Crippen molar-refractivity contribution in [2.24, 2.45) is 0 Å². The van der Waals surface area contributed by atoms with Gasteiger partial charge in [-0.05, 0) is 38.4 Å². The average Bonchev–Trinajstić information content (AvgIpc) is 2.63. The maximum atomic E-state index is 13.2. The molecule has 0 aliphatic carbocycles. The van der Waals surface area contributed by atoms with Gasteiger partial charge in [-0.25, -0.2) is 0 Å². The summed E-state index contributed by atoms with van der Waals surface area (Å²) in [6.45, 7) is 4.00. The number of amides is 1. The first-order valence-corrected chi connectivity index (χ1v) is 8.76. The predicted octanol–water partition coefficient (Wildman–Crippen LogP) is 3.30. The molecule has 0 unspecified atom stereocenters. The summed E-state index contributed by atoms with van der Waals surface area (Å²) in [4.78, 5) is 17.4. The van der Waals surface area contributed by atoms with Gasteiger partial charge >= 0.3 is 0 Å². The third kappa shape index (κ3) is 4.84. The molecule has 1 aliphatic rings. The standard InChI is InChI=1S/C20H27BN2O/c1-17(11-7-8-14-21)22(2)20(24)19(18-12-5-3-6-13-18)23-15-9-4-10-16-23/h3,5-8,11-14,17,19H,4,9-10,15-16H2,1-2H3/t17-,19-/m0/s1. The molecule has 2 radical (unpaired) electrons. The molecule has 1 saturated heterocycles. The fraction of sp³-hybridized carbons (Fsp3) is 0.450. The molecule has 1 amide bonds. The van der Waals surface area contributed by atoms with Crippen LogP contribution in [0.15, 0.2) is 54.5 Å². The van der Waals surface area contributed by atoms with Crippen LogP contribution in [0.1, 0.15) is 37.8 Å². The van der Waals surface area contributed by atoms with Crippen LogP contribution in [-0.2, 0) is 4.79 Å². The highest BCUT2D eigenvalue weighted by Gasteiger charge is 2.31. The summed E-state index contributed by atoms with van der Waals surface area (Å²) in [7, 11) is 7.23. The van der Waals surface area contributed by atoms with Crippen molar-refractivity contribution >= 4 is 13.8 Å². The Bertz CT molecular complexity index is 564. The molecule has 126 valence electrons. The van der Waals surface area contributed by atoms with E-state index in [-0.39, 0.29) is 18.0 Å². The first-order valence-electron chi connectivity index (χ1n) is 8.76. The van der Waals surface area contributed by atoms with Gasteiger partial charge < -0.3 is 4.90 Å².